The van der Waals surface area contributed by atoms with Crippen LogP contribution in [0.1, 0.15) is 47.9 Å². The van der Waals surface area contributed by atoms with Gasteiger partial charge in [-0.1, -0.05) is 79.6 Å². The van der Waals surface area contributed by atoms with Crippen molar-refractivity contribution in [2.75, 3.05) is 26.2 Å². The van der Waals surface area contributed by atoms with Crippen LogP contribution in [0.5, 0.6) is 11.5 Å². The van der Waals surface area contributed by atoms with Gasteiger partial charge in [-0.3, -0.25) is 0 Å². The summed E-state index contributed by atoms with van der Waals surface area (Å²) in [6, 6.07) is 24.2. The summed E-state index contributed by atoms with van der Waals surface area (Å²) >= 11 is 0. The minimum Gasteiger partial charge on any atom is -0.504 e. The molecular weight excluding hydrogens is 408 g/mol. The minimum atomic E-state index is -0.0489. The molecule has 0 bridgehead atoms. The molecule has 0 aromatic heterocycles. The highest BCUT2D eigenvalue weighted by atomic mass is 16.3. The van der Waals surface area contributed by atoms with Gasteiger partial charge in [-0.2, -0.15) is 0 Å². The molecule has 176 valence electrons. The Hall–Kier alpha value is -2.82. The molecular formula is C29H38N2O2. The van der Waals surface area contributed by atoms with Gasteiger partial charge in [0.1, 0.15) is 0 Å². The zero-order chi connectivity index (χ0) is 23.1. The monoisotopic (exact) mass is 446 g/mol. The van der Waals surface area contributed by atoms with Crippen molar-refractivity contribution in [2.24, 2.45) is 0 Å². The van der Waals surface area contributed by atoms with E-state index in [0.29, 0.717) is 6.42 Å². The molecule has 0 heterocycles. The fourth-order valence-electron chi connectivity index (χ4n) is 4.10. The SMILES string of the molecule is Oc1ccc(CCNCCCCCCNCCc2ccccc2)c(Cc2ccccc2)c1O. The second-order valence-corrected chi connectivity index (χ2v) is 8.63. The molecule has 0 spiro atoms. The van der Waals surface area contributed by atoms with Crippen molar-refractivity contribution < 1.29 is 10.2 Å². The van der Waals surface area contributed by atoms with Crippen molar-refractivity contribution in [3.05, 3.63) is 95.1 Å². The molecule has 3 aromatic carbocycles. The van der Waals surface area contributed by atoms with E-state index in [1.807, 2.05) is 36.4 Å². The lowest BCUT2D eigenvalue weighted by molar-refractivity contribution is 0.399. The van der Waals surface area contributed by atoms with Gasteiger partial charge in [0.25, 0.3) is 0 Å². The highest BCUT2D eigenvalue weighted by Crippen LogP contribution is 2.33. The van der Waals surface area contributed by atoms with Gasteiger partial charge < -0.3 is 20.8 Å². The Balaban J connectivity index is 1.26. The van der Waals surface area contributed by atoms with E-state index < -0.39 is 0 Å². The predicted molar refractivity (Wildman–Crippen MR) is 137 cm³/mol. The van der Waals surface area contributed by atoms with Gasteiger partial charge >= 0.3 is 0 Å². The first-order valence-electron chi connectivity index (χ1n) is 12.3. The molecule has 4 nitrogen and oxygen atoms in total. The Morgan fingerprint density at radius 1 is 0.545 bits per heavy atom. The quantitative estimate of drug-likeness (QED) is 0.191. The highest BCUT2D eigenvalue weighted by Gasteiger charge is 2.12. The summed E-state index contributed by atoms with van der Waals surface area (Å²) in [5, 5.41) is 27.4. The molecule has 3 rings (SSSR count). The molecule has 4 N–H and O–H groups in total. The van der Waals surface area contributed by atoms with Crippen LogP contribution in [-0.2, 0) is 19.3 Å². The summed E-state index contributed by atoms with van der Waals surface area (Å²) in [5.41, 5.74) is 4.43. The van der Waals surface area contributed by atoms with Crippen molar-refractivity contribution in [2.45, 2.75) is 44.9 Å². The summed E-state index contributed by atoms with van der Waals surface area (Å²) < 4.78 is 0. The van der Waals surface area contributed by atoms with Gasteiger partial charge in [-0.15, -0.1) is 0 Å². The maximum absolute atomic E-state index is 10.4. The van der Waals surface area contributed by atoms with E-state index in [9.17, 15) is 10.2 Å². The van der Waals surface area contributed by atoms with Gasteiger partial charge in [0.05, 0.1) is 0 Å². The van der Waals surface area contributed by atoms with Crippen LogP contribution < -0.4 is 10.6 Å². The molecule has 33 heavy (non-hydrogen) atoms. The molecule has 0 aliphatic heterocycles. The first-order valence-corrected chi connectivity index (χ1v) is 12.3. The third kappa shape index (κ3) is 8.91. The molecule has 0 radical (unpaired) electrons. The van der Waals surface area contributed by atoms with E-state index in [-0.39, 0.29) is 11.5 Å². The Morgan fingerprint density at radius 2 is 1.12 bits per heavy atom. The molecule has 0 fully saturated rings. The van der Waals surface area contributed by atoms with Gasteiger partial charge in [0, 0.05) is 12.0 Å². The molecule has 0 amide bonds. The Morgan fingerprint density at radius 3 is 1.76 bits per heavy atom. The van der Waals surface area contributed by atoms with Crippen LogP contribution in [0.2, 0.25) is 0 Å². The number of rotatable bonds is 15. The summed E-state index contributed by atoms with van der Waals surface area (Å²) in [5.74, 6) is -0.0408. The normalized spacial score (nSPS) is 11.0. The minimum absolute atomic E-state index is 0.00808. The average molecular weight is 447 g/mol. The van der Waals surface area contributed by atoms with E-state index in [0.717, 1.165) is 55.7 Å². The third-order valence-electron chi connectivity index (χ3n) is 6.04. The number of phenolic OH excluding ortho intramolecular Hbond substituents is 2. The topological polar surface area (TPSA) is 64.5 Å². The van der Waals surface area contributed by atoms with Crippen LogP contribution in [0, 0.1) is 0 Å². The van der Waals surface area contributed by atoms with Crippen molar-refractivity contribution in [1.82, 2.24) is 10.6 Å². The van der Waals surface area contributed by atoms with Gasteiger partial charge in [-0.05, 0) is 74.6 Å². The van der Waals surface area contributed by atoms with Crippen molar-refractivity contribution in [1.29, 1.82) is 0 Å². The molecule has 0 aliphatic rings. The maximum atomic E-state index is 10.4. The van der Waals surface area contributed by atoms with Crippen molar-refractivity contribution >= 4 is 0 Å². The number of hydrogen-bond donors (Lipinski definition) is 4. The average Bonchev–Trinajstić information content (AvgIpc) is 2.85. The fraction of sp³-hybridized carbons (Fsp3) is 0.379. The number of benzene rings is 3. The number of hydrogen-bond acceptors (Lipinski definition) is 4. The molecule has 3 aromatic rings. The number of aromatic hydroxyl groups is 2. The molecule has 0 atom stereocenters. The molecule has 4 heteroatoms. The van der Waals surface area contributed by atoms with Gasteiger partial charge in [0.2, 0.25) is 0 Å². The van der Waals surface area contributed by atoms with E-state index in [4.69, 9.17) is 0 Å². The molecule has 0 saturated heterocycles. The predicted octanol–water partition coefficient (Wildman–Crippen LogP) is 5.21. The lowest BCUT2D eigenvalue weighted by Gasteiger charge is -2.13. The van der Waals surface area contributed by atoms with E-state index >= 15 is 0 Å². The van der Waals surface area contributed by atoms with Crippen LogP contribution in [0.15, 0.2) is 72.8 Å². The van der Waals surface area contributed by atoms with E-state index in [2.05, 4.69) is 41.0 Å². The molecule has 0 unspecified atom stereocenters. The smallest absolute Gasteiger partial charge is 0.161 e. The largest absolute Gasteiger partial charge is 0.504 e. The van der Waals surface area contributed by atoms with Crippen LogP contribution in [0.4, 0.5) is 0 Å². The first kappa shape index (κ1) is 24.8. The van der Waals surface area contributed by atoms with E-state index in [1.54, 1.807) is 6.07 Å². The maximum Gasteiger partial charge on any atom is 0.161 e. The first-order chi connectivity index (χ1) is 16.2. The second kappa shape index (κ2) is 14.4. The number of phenols is 2. The lowest BCUT2D eigenvalue weighted by atomic mass is 9.96. The number of nitrogens with one attached hydrogen (secondary N) is 2. The van der Waals surface area contributed by atoms with Crippen LogP contribution in [0.3, 0.4) is 0 Å². The lowest BCUT2D eigenvalue weighted by Crippen LogP contribution is -2.20. The van der Waals surface area contributed by atoms with Crippen LogP contribution >= 0.6 is 0 Å². The number of unbranched alkanes of at least 4 members (excludes halogenated alkanes) is 3. The van der Waals surface area contributed by atoms with Crippen molar-refractivity contribution in [3.63, 3.8) is 0 Å². The summed E-state index contributed by atoms with van der Waals surface area (Å²) in [7, 11) is 0. The fourth-order valence-corrected chi connectivity index (χ4v) is 4.10. The second-order valence-electron chi connectivity index (χ2n) is 8.63. The molecule has 0 saturated carbocycles. The Bertz CT molecular complexity index is 929. The van der Waals surface area contributed by atoms with Crippen LogP contribution in [0.25, 0.3) is 0 Å². The summed E-state index contributed by atoms with van der Waals surface area (Å²) in [6.45, 7) is 4.02. The highest BCUT2D eigenvalue weighted by molar-refractivity contribution is 5.51. The van der Waals surface area contributed by atoms with E-state index in [1.165, 1.54) is 31.2 Å². The molecule has 0 aliphatic carbocycles. The summed E-state index contributed by atoms with van der Waals surface area (Å²) in [4.78, 5) is 0. The third-order valence-corrected chi connectivity index (χ3v) is 6.04. The van der Waals surface area contributed by atoms with Crippen molar-refractivity contribution in [3.8, 4) is 11.5 Å². The standard InChI is InChI=1S/C29H38N2O2/c32-28-16-15-26(27(29(28)33)23-25-13-7-4-8-14-25)18-22-31-20-10-2-1-9-19-30-21-17-24-11-5-3-6-12-24/h3-8,11-16,30-33H,1-2,9-10,17-23H2. The Kier molecular flexibility index (Phi) is 10.8. The zero-order valence-corrected chi connectivity index (χ0v) is 19.6. The Labute approximate surface area is 198 Å². The zero-order valence-electron chi connectivity index (χ0n) is 19.6. The summed E-state index contributed by atoms with van der Waals surface area (Å²) in [6.07, 6.45) is 7.46. The van der Waals surface area contributed by atoms with Gasteiger partial charge in [0.15, 0.2) is 11.5 Å². The van der Waals surface area contributed by atoms with Gasteiger partial charge in [-0.25, -0.2) is 0 Å². The van der Waals surface area contributed by atoms with Crippen LogP contribution in [-0.4, -0.2) is 36.4 Å².